The lowest BCUT2D eigenvalue weighted by Gasteiger charge is -2.43. The smallest absolute Gasteiger partial charge is 0.253 e. The molecule has 0 bridgehead atoms. The molecule has 1 aliphatic carbocycles. The van der Waals surface area contributed by atoms with Gasteiger partial charge in [0.15, 0.2) is 0 Å². The molecule has 2 atom stereocenters. The highest BCUT2D eigenvalue weighted by atomic mass is 16.5. The van der Waals surface area contributed by atoms with Crippen LogP contribution in [0, 0.1) is 41.5 Å². The number of carbonyl (C=O) groups is 2. The number of morpholine rings is 2. The number of hydrogen-bond donors (Lipinski definition) is 5. The second kappa shape index (κ2) is 27.0. The lowest BCUT2D eigenvalue weighted by atomic mass is 9.89. The van der Waals surface area contributed by atoms with Crippen molar-refractivity contribution in [3.8, 4) is 22.3 Å². The molecule has 0 spiro atoms. The van der Waals surface area contributed by atoms with Crippen LogP contribution in [0.2, 0.25) is 0 Å². The summed E-state index contributed by atoms with van der Waals surface area (Å²) >= 11 is 0. The van der Waals surface area contributed by atoms with Crippen LogP contribution in [0.4, 0.5) is 11.4 Å². The monoisotopic (exact) mass is 1140 g/mol. The van der Waals surface area contributed by atoms with Crippen molar-refractivity contribution in [3.63, 3.8) is 0 Å². The van der Waals surface area contributed by atoms with E-state index >= 15 is 0 Å². The van der Waals surface area contributed by atoms with Crippen LogP contribution < -0.4 is 37.3 Å². The second-order valence-corrected chi connectivity index (χ2v) is 24.0. The predicted molar refractivity (Wildman–Crippen MR) is 334 cm³/mol. The predicted octanol–water partition coefficient (Wildman–Crippen LogP) is 9.09. The molecule has 0 radical (unpaired) electrons. The van der Waals surface area contributed by atoms with Crippen LogP contribution in [0.5, 0.6) is 0 Å². The third-order valence-electron chi connectivity index (χ3n) is 18.3. The minimum absolute atomic E-state index is 0.0206. The number of rotatable bonds is 18. The average molecular weight is 1140 g/mol. The van der Waals surface area contributed by atoms with Crippen molar-refractivity contribution in [2.24, 2.45) is 5.73 Å². The summed E-state index contributed by atoms with van der Waals surface area (Å²) in [6, 6.07) is 30.7. The van der Waals surface area contributed by atoms with Crippen molar-refractivity contribution in [1.29, 1.82) is 0 Å². The Balaban J connectivity index is 0.886. The van der Waals surface area contributed by atoms with Gasteiger partial charge in [0, 0.05) is 136 Å². The molecule has 10 rings (SSSR count). The summed E-state index contributed by atoms with van der Waals surface area (Å²) in [6.07, 6.45) is 5.63. The fourth-order valence-electron chi connectivity index (χ4n) is 13.4. The summed E-state index contributed by atoms with van der Waals surface area (Å²) in [5.41, 5.74) is 21.7. The molecule has 4 aliphatic rings. The summed E-state index contributed by atoms with van der Waals surface area (Å²) in [5, 5.41) is 6.19. The van der Waals surface area contributed by atoms with E-state index in [-0.39, 0.29) is 54.2 Å². The number of H-pyrrole nitrogens is 2. The molecule has 2 unspecified atom stereocenters. The van der Waals surface area contributed by atoms with E-state index in [0.29, 0.717) is 67.4 Å². The molecule has 5 heterocycles. The first-order valence-corrected chi connectivity index (χ1v) is 30.5. The Kier molecular flexibility index (Phi) is 19.3. The molecule has 1 saturated carbocycles. The van der Waals surface area contributed by atoms with E-state index in [2.05, 4.69) is 115 Å². The highest BCUT2D eigenvalue weighted by Crippen LogP contribution is 2.38. The number of aryl methyl sites for hydroxylation is 4. The highest BCUT2D eigenvalue weighted by Gasteiger charge is 2.35. The topological polar surface area (TPSA) is 191 Å². The van der Waals surface area contributed by atoms with Crippen LogP contribution in [0.15, 0.2) is 94.5 Å². The van der Waals surface area contributed by atoms with Gasteiger partial charge in [-0.25, -0.2) is 0 Å². The molecule has 446 valence electrons. The normalized spacial score (nSPS) is 19.4. The van der Waals surface area contributed by atoms with Crippen LogP contribution in [-0.2, 0) is 33.8 Å². The molecular formula is C68H87N9O7. The summed E-state index contributed by atoms with van der Waals surface area (Å²) in [4.78, 5) is 70.0. The van der Waals surface area contributed by atoms with E-state index in [1.54, 1.807) is 0 Å². The highest BCUT2D eigenvalue weighted by molar-refractivity contribution is 6.00. The molecule has 2 amide bonds. The van der Waals surface area contributed by atoms with E-state index in [1.807, 2.05) is 65.8 Å². The molecule has 4 aromatic carbocycles. The molecule has 84 heavy (non-hydrogen) atoms. The van der Waals surface area contributed by atoms with Gasteiger partial charge in [-0.2, -0.15) is 0 Å². The first-order valence-electron chi connectivity index (χ1n) is 30.5. The third kappa shape index (κ3) is 13.8. The Morgan fingerprint density at radius 3 is 1.70 bits per heavy atom. The maximum Gasteiger partial charge on any atom is 0.253 e. The van der Waals surface area contributed by atoms with E-state index in [4.69, 9.17) is 19.9 Å². The van der Waals surface area contributed by atoms with Crippen LogP contribution in [0.25, 0.3) is 22.3 Å². The lowest BCUT2D eigenvalue weighted by Crippen LogP contribution is -2.51. The van der Waals surface area contributed by atoms with Crippen LogP contribution in [0.3, 0.4) is 0 Å². The summed E-state index contributed by atoms with van der Waals surface area (Å²) in [6.45, 7) is 22.0. The quantitative estimate of drug-likeness (QED) is 0.0550. The molecule has 4 fully saturated rings. The first kappa shape index (κ1) is 60.2. The number of pyridine rings is 2. The SMILES string of the molecule is CCN(c1cc(-c2ccc(CN3CCOC(C(c4ccc(-c5cc(C(=O)NCc6c(C)cc(C)[nH]c6=O)c(C)c(N(C)[C@H]6CC[C@H](N)CC6)c5)cc4)N4CCOCC4)C3)cc2)cc(C(=O)NCc2c(C)cc(C)[nH]c2=O)c1C)C1CCOCC1. The van der Waals surface area contributed by atoms with Gasteiger partial charge in [-0.05, 0) is 179 Å². The average Bonchev–Trinajstić information content (AvgIpc) is 3.24. The molecule has 6 N–H and O–H groups in total. The van der Waals surface area contributed by atoms with E-state index in [1.165, 1.54) is 11.1 Å². The van der Waals surface area contributed by atoms with E-state index < -0.39 is 0 Å². The molecule has 3 saturated heterocycles. The number of nitrogens with two attached hydrogens (primary N) is 1. The van der Waals surface area contributed by atoms with Crippen LogP contribution in [0.1, 0.15) is 128 Å². The van der Waals surface area contributed by atoms with Crippen molar-refractivity contribution in [2.75, 3.05) is 82.6 Å². The van der Waals surface area contributed by atoms with Gasteiger partial charge in [-0.15, -0.1) is 0 Å². The van der Waals surface area contributed by atoms with Crippen molar-refractivity contribution in [2.45, 2.75) is 137 Å². The molecule has 16 nitrogen and oxygen atoms in total. The van der Waals surface area contributed by atoms with Gasteiger partial charge in [-0.3, -0.25) is 29.0 Å². The van der Waals surface area contributed by atoms with Gasteiger partial charge in [-0.1, -0.05) is 48.5 Å². The number of carbonyl (C=O) groups excluding carboxylic acids is 2. The number of amides is 2. The van der Waals surface area contributed by atoms with Gasteiger partial charge in [0.1, 0.15) is 0 Å². The fourth-order valence-corrected chi connectivity index (χ4v) is 13.4. The molecule has 6 aromatic rings. The Hall–Kier alpha value is -6.92. The zero-order chi connectivity index (χ0) is 59.2. The van der Waals surface area contributed by atoms with Gasteiger partial charge < -0.3 is 50.3 Å². The van der Waals surface area contributed by atoms with Crippen molar-refractivity contribution >= 4 is 23.2 Å². The second-order valence-electron chi connectivity index (χ2n) is 24.0. The molecular weight excluding hydrogens is 1050 g/mol. The first-order chi connectivity index (χ1) is 40.5. The van der Waals surface area contributed by atoms with Crippen molar-refractivity contribution < 1.29 is 23.8 Å². The Morgan fingerprint density at radius 2 is 1.15 bits per heavy atom. The minimum atomic E-state index is -0.223. The van der Waals surface area contributed by atoms with Crippen LogP contribution >= 0.6 is 0 Å². The minimum Gasteiger partial charge on any atom is -0.381 e. The number of benzene rings is 4. The van der Waals surface area contributed by atoms with Crippen molar-refractivity contribution in [1.82, 2.24) is 30.4 Å². The standard InChI is InChI=1S/C68H87N9O7/c1-9-77(56-22-27-82-28-23-56)62-37-53(35-58(47(62)7)66(79)71-39-60-43(3)33-45(5)73-68(60)81)49-12-10-48(11-13-49)40-75-24-31-84-63(41-75)64(76-25-29-83-30-26-76)51-16-14-50(15-17-51)52-34-57(65(78)70-38-59-42(2)32-44(4)72-67(59)80)46(6)61(36-52)74(8)55-20-18-54(69)19-21-55/h10-17,32-37,54-56,63-64H,9,18-31,38-41,69H2,1-8H3,(H,70,78)(H,71,79)(H,72,80)(H,73,81)/t54-,55-,63?,64?. The van der Waals surface area contributed by atoms with Gasteiger partial charge >= 0.3 is 0 Å². The number of hydrogen-bond acceptors (Lipinski definition) is 12. The lowest BCUT2D eigenvalue weighted by molar-refractivity contribution is -0.0914. The summed E-state index contributed by atoms with van der Waals surface area (Å²) in [7, 11) is 2.14. The number of anilines is 2. The number of nitrogens with zero attached hydrogens (tertiary/aromatic N) is 4. The summed E-state index contributed by atoms with van der Waals surface area (Å²) < 4.78 is 18.4. The molecule has 3 aliphatic heterocycles. The molecule has 16 heteroatoms. The maximum absolute atomic E-state index is 14.3. The van der Waals surface area contributed by atoms with E-state index in [0.717, 1.165) is 145 Å². The summed E-state index contributed by atoms with van der Waals surface area (Å²) in [5.74, 6) is -0.438. The van der Waals surface area contributed by atoms with Gasteiger partial charge in [0.2, 0.25) is 0 Å². The fraction of sp³-hybridized carbons (Fsp3) is 0.471. The maximum atomic E-state index is 14.3. The van der Waals surface area contributed by atoms with Crippen molar-refractivity contribution in [3.05, 3.63) is 173 Å². The number of aromatic amines is 2. The molecule has 2 aromatic heterocycles. The van der Waals surface area contributed by atoms with Gasteiger partial charge in [0.25, 0.3) is 22.9 Å². The zero-order valence-electron chi connectivity index (χ0n) is 50.6. The largest absolute Gasteiger partial charge is 0.381 e. The van der Waals surface area contributed by atoms with Crippen LogP contribution in [-0.4, -0.2) is 129 Å². The number of nitrogens with one attached hydrogen (secondary N) is 4. The number of ether oxygens (including phenoxy) is 3. The Labute approximate surface area is 495 Å². The van der Waals surface area contributed by atoms with Gasteiger partial charge in [0.05, 0.1) is 32.0 Å². The Morgan fingerprint density at radius 1 is 0.631 bits per heavy atom. The Bertz CT molecular complexity index is 3410. The number of aromatic nitrogens is 2. The zero-order valence-corrected chi connectivity index (χ0v) is 50.6. The van der Waals surface area contributed by atoms with E-state index in [9.17, 15) is 19.2 Å². The third-order valence-corrected chi connectivity index (χ3v) is 18.3.